The summed E-state index contributed by atoms with van der Waals surface area (Å²) in [5.41, 5.74) is 13.7. The molecule has 0 aromatic heterocycles. The number of piperazine rings is 2. The van der Waals surface area contributed by atoms with Crippen molar-refractivity contribution in [2.45, 2.75) is 37.5 Å². The molecule has 5 rings (SSSR count). The summed E-state index contributed by atoms with van der Waals surface area (Å²) >= 11 is 13.7. The minimum Gasteiger partial charge on any atom is -0.369 e. The maximum atomic E-state index is 12.5. The van der Waals surface area contributed by atoms with Crippen LogP contribution in [0, 0.1) is 0 Å². The number of anilines is 2. The van der Waals surface area contributed by atoms with E-state index in [2.05, 4.69) is 102 Å². The zero-order valence-electron chi connectivity index (χ0n) is 27.3. The quantitative estimate of drug-likeness (QED) is 0.239. The fourth-order valence-corrected chi connectivity index (χ4v) is 8.08. The van der Waals surface area contributed by atoms with Gasteiger partial charge in [-0.3, -0.25) is 4.79 Å². The van der Waals surface area contributed by atoms with Crippen LogP contribution in [-0.2, 0) is 0 Å². The van der Waals surface area contributed by atoms with E-state index in [1.165, 1.54) is 28.1 Å². The van der Waals surface area contributed by atoms with E-state index in [0.29, 0.717) is 17.3 Å². The molecule has 8 heteroatoms. The molecule has 4 unspecified atom stereocenters. The Morgan fingerprint density at radius 1 is 0.644 bits per heavy atom. The van der Waals surface area contributed by atoms with Crippen LogP contribution in [0.15, 0.2) is 66.7 Å². The number of rotatable bonds is 11. The predicted octanol–water partition coefficient (Wildman–Crippen LogP) is 6.54. The summed E-state index contributed by atoms with van der Waals surface area (Å²) in [4.78, 5) is 22.2. The number of primary amides is 1. The van der Waals surface area contributed by atoms with Crippen LogP contribution in [0.25, 0.3) is 0 Å². The van der Waals surface area contributed by atoms with E-state index in [1.54, 1.807) is 0 Å². The minimum absolute atomic E-state index is 0.0386. The molecule has 2 heterocycles. The number of likely N-dealkylation sites (N-methyl/N-ethyl adjacent to an activating group) is 2. The number of para-hydroxylation sites is 2. The van der Waals surface area contributed by atoms with Crippen molar-refractivity contribution in [1.82, 2.24) is 9.80 Å². The van der Waals surface area contributed by atoms with E-state index in [0.717, 1.165) is 57.9 Å². The normalized spacial score (nSPS) is 19.2. The third kappa shape index (κ3) is 7.46. The van der Waals surface area contributed by atoms with Crippen LogP contribution in [0.4, 0.5) is 11.4 Å². The van der Waals surface area contributed by atoms with E-state index >= 15 is 0 Å². The molecule has 1 amide bonds. The molecule has 0 aliphatic carbocycles. The van der Waals surface area contributed by atoms with Crippen molar-refractivity contribution < 1.29 is 4.79 Å². The second-order valence-corrected chi connectivity index (χ2v) is 13.6. The Morgan fingerprint density at radius 3 is 1.49 bits per heavy atom. The molecular formula is C37H49Cl2N5O. The van der Waals surface area contributed by atoms with Crippen molar-refractivity contribution in [3.05, 3.63) is 94.5 Å². The molecule has 2 N–H and O–H groups in total. The first kappa shape index (κ1) is 33.6. The monoisotopic (exact) mass is 649 g/mol. The summed E-state index contributed by atoms with van der Waals surface area (Å²) in [6.45, 7) is 12.6. The molecule has 0 radical (unpaired) electrons. The second-order valence-electron chi connectivity index (χ2n) is 13.0. The van der Waals surface area contributed by atoms with E-state index in [-0.39, 0.29) is 23.7 Å². The standard InChI is InChI=1S/C37H49Cl2N5O/c1-26(33(24-38)30-9-5-7-11-35(30)43-19-15-41(3)16-20-43)29-14-13-28(37(40)45)23-32(29)27(2)34(25-39)31-10-6-8-12-36(31)44-21-17-42(4)18-22-44/h5-14,23,26-27,33-34H,15-22,24-25H2,1-4H3,(H2,40,45). The molecule has 2 fully saturated rings. The van der Waals surface area contributed by atoms with Crippen LogP contribution in [0.2, 0.25) is 0 Å². The van der Waals surface area contributed by atoms with Crippen molar-refractivity contribution in [2.24, 2.45) is 5.73 Å². The number of carbonyl (C=O) groups excluding carboxylic acids is 1. The molecule has 0 saturated carbocycles. The van der Waals surface area contributed by atoms with Crippen LogP contribution in [-0.4, -0.2) is 93.9 Å². The number of amides is 1. The third-order valence-electron chi connectivity index (χ3n) is 10.3. The van der Waals surface area contributed by atoms with Crippen LogP contribution >= 0.6 is 23.2 Å². The van der Waals surface area contributed by atoms with Gasteiger partial charge in [0.1, 0.15) is 0 Å². The Labute approximate surface area is 280 Å². The lowest BCUT2D eigenvalue weighted by Gasteiger charge is -2.38. The number of halogens is 2. The van der Waals surface area contributed by atoms with Gasteiger partial charge >= 0.3 is 0 Å². The maximum absolute atomic E-state index is 12.5. The highest BCUT2D eigenvalue weighted by Crippen LogP contribution is 2.45. The van der Waals surface area contributed by atoms with Crippen molar-refractivity contribution in [3.63, 3.8) is 0 Å². The first-order chi connectivity index (χ1) is 21.7. The van der Waals surface area contributed by atoms with E-state index < -0.39 is 5.91 Å². The van der Waals surface area contributed by atoms with Crippen LogP contribution < -0.4 is 15.5 Å². The highest BCUT2D eigenvalue weighted by Gasteiger charge is 2.32. The van der Waals surface area contributed by atoms with Gasteiger partial charge in [-0.05, 0) is 72.5 Å². The van der Waals surface area contributed by atoms with Gasteiger partial charge in [0.05, 0.1) is 0 Å². The number of nitrogens with zero attached hydrogens (tertiary/aromatic N) is 4. The summed E-state index contributed by atoms with van der Waals surface area (Å²) in [5, 5.41) is 0. The third-order valence-corrected chi connectivity index (χ3v) is 10.9. The number of carbonyl (C=O) groups is 1. The molecule has 0 spiro atoms. The Balaban J connectivity index is 1.53. The zero-order valence-corrected chi connectivity index (χ0v) is 28.8. The molecule has 2 aliphatic heterocycles. The Morgan fingerprint density at radius 2 is 1.07 bits per heavy atom. The average molecular weight is 651 g/mol. The molecule has 0 bridgehead atoms. The first-order valence-electron chi connectivity index (χ1n) is 16.3. The molecule has 3 aromatic rings. The minimum atomic E-state index is -0.419. The van der Waals surface area contributed by atoms with Gasteiger partial charge in [-0.1, -0.05) is 56.3 Å². The van der Waals surface area contributed by atoms with Gasteiger partial charge in [0.2, 0.25) is 5.91 Å². The fourth-order valence-electron chi connectivity index (χ4n) is 7.22. The number of alkyl halides is 2. The van der Waals surface area contributed by atoms with E-state index in [4.69, 9.17) is 28.9 Å². The molecule has 2 saturated heterocycles. The second kappa shape index (κ2) is 15.2. The smallest absolute Gasteiger partial charge is 0.248 e. The van der Waals surface area contributed by atoms with Crippen molar-refractivity contribution in [1.29, 1.82) is 0 Å². The Bertz CT molecular complexity index is 1430. The summed E-state index contributed by atoms with van der Waals surface area (Å²) < 4.78 is 0. The maximum Gasteiger partial charge on any atom is 0.248 e. The van der Waals surface area contributed by atoms with Gasteiger partial charge in [-0.2, -0.15) is 0 Å². The lowest BCUT2D eigenvalue weighted by atomic mass is 9.75. The topological polar surface area (TPSA) is 56.1 Å². The number of hydrogen-bond donors (Lipinski definition) is 1. The van der Waals surface area contributed by atoms with Gasteiger partial charge in [0.15, 0.2) is 0 Å². The molecular weight excluding hydrogens is 601 g/mol. The van der Waals surface area contributed by atoms with Crippen molar-refractivity contribution in [2.75, 3.05) is 88.0 Å². The highest BCUT2D eigenvalue weighted by atomic mass is 35.5. The summed E-state index contributed by atoms with van der Waals surface area (Å²) in [5.74, 6) is 0.797. The van der Waals surface area contributed by atoms with E-state index in [1.807, 2.05) is 12.1 Å². The summed E-state index contributed by atoms with van der Waals surface area (Å²) in [6.07, 6.45) is 0. The molecule has 6 nitrogen and oxygen atoms in total. The van der Waals surface area contributed by atoms with Gasteiger partial charge in [-0.15, -0.1) is 23.2 Å². The summed E-state index contributed by atoms with van der Waals surface area (Å²) in [7, 11) is 4.36. The van der Waals surface area contributed by atoms with Gasteiger partial charge in [0, 0.05) is 92.9 Å². The fraction of sp³-hybridized carbons (Fsp3) is 0.486. The summed E-state index contributed by atoms with van der Waals surface area (Å²) in [6, 6.07) is 23.4. The lowest BCUT2D eigenvalue weighted by Crippen LogP contribution is -2.45. The van der Waals surface area contributed by atoms with Crippen LogP contribution in [0.5, 0.6) is 0 Å². The predicted molar refractivity (Wildman–Crippen MR) is 191 cm³/mol. The van der Waals surface area contributed by atoms with E-state index in [9.17, 15) is 4.79 Å². The zero-order chi connectivity index (χ0) is 32.1. The van der Waals surface area contributed by atoms with Crippen molar-refractivity contribution in [3.8, 4) is 0 Å². The van der Waals surface area contributed by atoms with Crippen LogP contribution in [0.1, 0.15) is 70.1 Å². The molecule has 45 heavy (non-hydrogen) atoms. The SMILES string of the molecule is CC(c1ccc(C(N)=O)cc1C(C)C(CCl)c1ccccc1N1CCN(C)CC1)C(CCl)c1ccccc1N1CCN(C)CC1. The molecule has 3 aromatic carbocycles. The highest BCUT2D eigenvalue weighted by molar-refractivity contribution is 6.18. The Kier molecular flexibility index (Phi) is 11.4. The largest absolute Gasteiger partial charge is 0.369 e. The number of nitrogens with two attached hydrogens (primary N) is 1. The Hall–Kier alpha value is -2.77. The van der Waals surface area contributed by atoms with Gasteiger partial charge in [0.25, 0.3) is 0 Å². The average Bonchev–Trinajstić information content (AvgIpc) is 3.06. The number of benzene rings is 3. The van der Waals surface area contributed by atoms with Crippen molar-refractivity contribution >= 4 is 40.5 Å². The van der Waals surface area contributed by atoms with Gasteiger partial charge in [-0.25, -0.2) is 0 Å². The van der Waals surface area contributed by atoms with Gasteiger partial charge < -0.3 is 25.3 Å². The van der Waals surface area contributed by atoms with Crippen LogP contribution in [0.3, 0.4) is 0 Å². The first-order valence-corrected chi connectivity index (χ1v) is 17.4. The molecule has 242 valence electrons. The molecule has 2 aliphatic rings. The number of hydrogen-bond acceptors (Lipinski definition) is 5. The molecule has 4 atom stereocenters. The lowest BCUT2D eigenvalue weighted by molar-refractivity contribution is 0.1000.